The van der Waals surface area contributed by atoms with Crippen molar-refractivity contribution in [2.24, 2.45) is 0 Å². The maximum absolute atomic E-state index is 11.8. The molecule has 0 fully saturated rings. The number of benzene rings is 3. The summed E-state index contributed by atoms with van der Waals surface area (Å²) in [7, 11) is 0. The van der Waals surface area contributed by atoms with E-state index in [0.717, 1.165) is 21.9 Å². The standard InChI is InChI=1S/C20H16O2/c21-20(22-15-16-7-2-1-3-8-16)14-13-18-11-6-10-17-9-4-5-12-19(17)18/h1-14H,15H2. The average molecular weight is 288 g/mol. The van der Waals surface area contributed by atoms with Gasteiger partial charge in [-0.1, -0.05) is 72.8 Å². The van der Waals surface area contributed by atoms with Crippen molar-refractivity contribution in [3.05, 3.63) is 90.0 Å². The van der Waals surface area contributed by atoms with E-state index < -0.39 is 0 Å². The van der Waals surface area contributed by atoms with Crippen LogP contribution in [0.5, 0.6) is 0 Å². The van der Waals surface area contributed by atoms with Crippen LogP contribution in [0.15, 0.2) is 78.9 Å². The second-order valence-electron chi connectivity index (χ2n) is 5.00. The summed E-state index contributed by atoms with van der Waals surface area (Å²) in [6, 6.07) is 23.8. The van der Waals surface area contributed by atoms with Crippen molar-refractivity contribution in [2.45, 2.75) is 6.61 Å². The van der Waals surface area contributed by atoms with Gasteiger partial charge in [-0.25, -0.2) is 4.79 Å². The molecule has 0 unspecified atom stereocenters. The molecule has 0 aromatic heterocycles. The molecule has 0 radical (unpaired) electrons. The summed E-state index contributed by atoms with van der Waals surface area (Å²) in [6.45, 7) is 0.291. The number of hydrogen-bond donors (Lipinski definition) is 0. The Kier molecular flexibility index (Phi) is 4.30. The Bertz CT molecular complexity index is 799. The molecule has 0 heterocycles. The summed E-state index contributed by atoms with van der Waals surface area (Å²) >= 11 is 0. The van der Waals surface area contributed by atoms with E-state index in [0.29, 0.717) is 6.61 Å². The van der Waals surface area contributed by atoms with Crippen molar-refractivity contribution in [3.63, 3.8) is 0 Å². The van der Waals surface area contributed by atoms with Crippen molar-refractivity contribution >= 4 is 22.8 Å². The number of fused-ring (bicyclic) bond motifs is 1. The zero-order chi connectivity index (χ0) is 15.2. The molecule has 108 valence electrons. The summed E-state index contributed by atoms with van der Waals surface area (Å²) in [4.78, 5) is 11.8. The first-order valence-electron chi connectivity index (χ1n) is 7.19. The highest BCUT2D eigenvalue weighted by Gasteiger charge is 2.00. The van der Waals surface area contributed by atoms with Gasteiger partial charge in [0.15, 0.2) is 0 Å². The molecule has 0 saturated heterocycles. The molecule has 0 N–H and O–H groups in total. The predicted molar refractivity (Wildman–Crippen MR) is 89.2 cm³/mol. The molecule has 2 nitrogen and oxygen atoms in total. The van der Waals surface area contributed by atoms with Gasteiger partial charge in [0, 0.05) is 6.08 Å². The van der Waals surface area contributed by atoms with E-state index in [1.54, 1.807) is 6.08 Å². The average Bonchev–Trinajstić information content (AvgIpc) is 2.59. The summed E-state index contributed by atoms with van der Waals surface area (Å²) in [6.07, 6.45) is 3.28. The first-order chi connectivity index (χ1) is 10.8. The smallest absolute Gasteiger partial charge is 0.331 e. The number of carbonyl (C=O) groups is 1. The van der Waals surface area contributed by atoms with Crippen LogP contribution in [-0.4, -0.2) is 5.97 Å². The third-order valence-electron chi connectivity index (χ3n) is 3.45. The van der Waals surface area contributed by atoms with E-state index in [1.807, 2.05) is 60.7 Å². The third-order valence-corrected chi connectivity index (χ3v) is 3.45. The quantitative estimate of drug-likeness (QED) is 0.518. The molecular formula is C20H16O2. The molecule has 3 rings (SSSR count). The van der Waals surface area contributed by atoms with Crippen molar-refractivity contribution in [1.82, 2.24) is 0 Å². The van der Waals surface area contributed by atoms with Gasteiger partial charge in [-0.15, -0.1) is 0 Å². The second-order valence-corrected chi connectivity index (χ2v) is 5.00. The monoisotopic (exact) mass is 288 g/mol. The molecule has 0 bridgehead atoms. The van der Waals surface area contributed by atoms with Gasteiger partial charge in [0.05, 0.1) is 0 Å². The Morgan fingerprint density at radius 1 is 0.864 bits per heavy atom. The minimum atomic E-state index is -0.336. The Morgan fingerprint density at radius 3 is 2.45 bits per heavy atom. The van der Waals surface area contributed by atoms with Crippen LogP contribution in [0.4, 0.5) is 0 Å². The minimum Gasteiger partial charge on any atom is -0.458 e. The van der Waals surface area contributed by atoms with Gasteiger partial charge in [-0.3, -0.25) is 0 Å². The van der Waals surface area contributed by atoms with Gasteiger partial charge in [0.1, 0.15) is 6.61 Å². The molecule has 0 aliphatic carbocycles. The van der Waals surface area contributed by atoms with Crippen LogP contribution < -0.4 is 0 Å². The van der Waals surface area contributed by atoms with Crippen molar-refractivity contribution in [2.75, 3.05) is 0 Å². The number of ether oxygens (including phenoxy) is 1. The van der Waals surface area contributed by atoms with E-state index in [1.165, 1.54) is 6.08 Å². The highest BCUT2D eigenvalue weighted by atomic mass is 16.5. The van der Waals surface area contributed by atoms with E-state index >= 15 is 0 Å². The summed E-state index contributed by atoms with van der Waals surface area (Å²) in [5.41, 5.74) is 1.99. The van der Waals surface area contributed by atoms with Gasteiger partial charge < -0.3 is 4.74 Å². The SMILES string of the molecule is O=C(C=Cc1cccc2ccccc12)OCc1ccccc1. The molecule has 22 heavy (non-hydrogen) atoms. The molecule has 0 amide bonds. The van der Waals surface area contributed by atoms with Crippen LogP contribution in [0.25, 0.3) is 16.8 Å². The predicted octanol–water partition coefficient (Wildman–Crippen LogP) is 4.60. The van der Waals surface area contributed by atoms with Crippen LogP contribution >= 0.6 is 0 Å². The molecule has 3 aromatic carbocycles. The number of hydrogen-bond acceptors (Lipinski definition) is 2. The Labute approximate surface area is 129 Å². The lowest BCUT2D eigenvalue weighted by Crippen LogP contribution is -2.00. The van der Waals surface area contributed by atoms with Crippen LogP contribution in [0.3, 0.4) is 0 Å². The summed E-state index contributed by atoms with van der Waals surface area (Å²) in [5.74, 6) is -0.336. The van der Waals surface area contributed by atoms with Gasteiger partial charge in [-0.05, 0) is 28.0 Å². The molecule has 0 aliphatic rings. The highest BCUT2D eigenvalue weighted by Crippen LogP contribution is 2.19. The molecule has 0 atom stereocenters. The summed E-state index contributed by atoms with van der Waals surface area (Å²) < 4.78 is 5.24. The van der Waals surface area contributed by atoms with E-state index in [4.69, 9.17) is 4.74 Å². The van der Waals surface area contributed by atoms with Gasteiger partial charge in [-0.2, -0.15) is 0 Å². The van der Waals surface area contributed by atoms with E-state index in [-0.39, 0.29) is 5.97 Å². The Balaban J connectivity index is 1.69. The van der Waals surface area contributed by atoms with Crippen molar-refractivity contribution in [1.29, 1.82) is 0 Å². The molecule has 0 saturated carbocycles. The Hall–Kier alpha value is -2.87. The van der Waals surface area contributed by atoms with Gasteiger partial charge in [0.2, 0.25) is 0 Å². The second kappa shape index (κ2) is 6.72. The highest BCUT2D eigenvalue weighted by molar-refractivity contribution is 5.94. The van der Waals surface area contributed by atoms with Crippen LogP contribution in [-0.2, 0) is 16.1 Å². The normalized spacial score (nSPS) is 10.9. The first-order valence-corrected chi connectivity index (χ1v) is 7.19. The number of carbonyl (C=O) groups excluding carboxylic acids is 1. The lowest BCUT2D eigenvalue weighted by molar-refractivity contribution is -0.138. The van der Waals surface area contributed by atoms with Crippen molar-refractivity contribution < 1.29 is 9.53 Å². The number of rotatable bonds is 4. The van der Waals surface area contributed by atoms with Gasteiger partial charge in [0.25, 0.3) is 0 Å². The molecule has 0 spiro atoms. The fraction of sp³-hybridized carbons (Fsp3) is 0.0500. The lowest BCUT2D eigenvalue weighted by atomic mass is 10.0. The van der Waals surface area contributed by atoms with Crippen LogP contribution in [0.2, 0.25) is 0 Å². The molecule has 0 aliphatic heterocycles. The largest absolute Gasteiger partial charge is 0.458 e. The molecule has 3 aromatic rings. The van der Waals surface area contributed by atoms with E-state index in [9.17, 15) is 4.79 Å². The lowest BCUT2D eigenvalue weighted by Gasteiger charge is -2.03. The zero-order valence-corrected chi connectivity index (χ0v) is 12.1. The molecule has 2 heteroatoms. The van der Waals surface area contributed by atoms with Crippen molar-refractivity contribution in [3.8, 4) is 0 Å². The first kappa shape index (κ1) is 14.1. The van der Waals surface area contributed by atoms with E-state index in [2.05, 4.69) is 12.1 Å². The maximum atomic E-state index is 11.8. The maximum Gasteiger partial charge on any atom is 0.331 e. The fourth-order valence-electron chi connectivity index (χ4n) is 2.33. The molecular weight excluding hydrogens is 272 g/mol. The summed E-state index contributed by atoms with van der Waals surface area (Å²) in [5, 5.41) is 2.28. The third kappa shape index (κ3) is 3.41. The number of esters is 1. The van der Waals surface area contributed by atoms with Crippen LogP contribution in [0.1, 0.15) is 11.1 Å². The van der Waals surface area contributed by atoms with Crippen LogP contribution in [0, 0.1) is 0 Å². The fourth-order valence-corrected chi connectivity index (χ4v) is 2.33. The van der Waals surface area contributed by atoms with Gasteiger partial charge >= 0.3 is 5.97 Å². The minimum absolute atomic E-state index is 0.291. The topological polar surface area (TPSA) is 26.3 Å². The Morgan fingerprint density at radius 2 is 1.59 bits per heavy atom. The zero-order valence-electron chi connectivity index (χ0n) is 12.1.